The maximum Gasteiger partial charge on any atom is 0.130 e. The Bertz CT molecular complexity index is 543. The van der Waals surface area contributed by atoms with Gasteiger partial charge in [-0.25, -0.2) is 0 Å². The molecule has 0 saturated carbocycles. The fraction of sp³-hybridized carbons (Fsp3) is 0.214. The molecule has 1 aromatic heterocycles. The van der Waals surface area contributed by atoms with E-state index in [1.165, 1.54) is 0 Å². The largest absolute Gasteiger partial charge is 0.487 e. The van der Waals surface area contributed by atoms with Crippen LogP contribution in [-0.2, 0) is 13.2 Å². The first kappa shape index (κ1) is 13.1. The van der Waals surface area contributed by atoms with E-state index in [2.05, 4.69) is 20.9 Å². The lowest BCUT2D eigenvalue weighted by molar-refractivity contribution is 0.300. The van der Waals surface area contributed by atoms with E-state index >= 15 is 0 Å². The van der Waals surface area contributed by atoms with Crippen molar-refractivity contribution in [2.45, 2.75) is 20.1 Å². The summed E-state index contributed by atoms with van der Waals surface area (Å²) >= 11 is 3.45. The van der Waals surface area contributed by atoms with Crippen molar-refractivity contribution in [3.63, 3.8) is 0 Å². The third-order valence-electron chi connectivity index (χ3n) is 2.57. The summed E-state index contributed by atoms with van der Waals surface area (Å²) in [5.41, 5.74) is 8.60. The van der Waals surface area contributed by atoms with Crippen molar-refractivity contribution in [2.75, 3.05) is 0 Å². The summed E-state index contributed by atoms with van der Waals surface area (Å²) in [4.78, 5) is 4.39. The van der Waals surface area contributed by atoms with Crippen LogP contribution in [0.1, 0.15) is 17.0 Å². The zero-order valence-electron chi connectivity index (χ0n) is 10.2. The third-order valence-corrected chi connectivity index (χ3v) is 3.34. The fourth-order valence-electron chi connectivity index (χ4n) is 1.63. The highest BCUT2D eigenvalue weighted by atomic mass is 79.9. The number of rotatable bonds is 4. The Hall–Kier alpha value is -1.39. The standard InChI is InChI=1S/C14H15BrN2O/c1-10-3-2-4-12(17-10)9-18-13-5-6-14(15)11(7-13)8-16/h2-7H,8-9,16H2,1H3. The molecule has 1 aromatic carbocycles. The van der Waals surface area contributed by atoms with Crippen molar-refractivity contribution in [1.82, 2.24) is 4.98 Å². The van der Waals surface area contributed by atoms with Crippen LogP contribution in [0.3, 0.4) is 0 Å². The Morgan fingerprint density at radius 1 is 1.28 bits per heavy atom. The van der Waals surface area contributed by atoms with Crippen molar-refractivity contribution in [3.05, 3.63) is 57.8 Å². The number of hydrogen-bond acceptors (Lipinski definition) is 3. The Morgan fingerprint density at radius 3 is 2.83 bits per heavy atom. The summed E-state index contributed by atoms with van der Waals surface area (Å²) < 4.78 is 6.71. The number of ether oxygens (including phenoxy) is 1. The lowest BCUT2D eigenvalue weighted by atomic mass is 10.2. The average molecular weight is 307 g/mol. The fourth-order valence-corrected chi connectivity index (χ4v) is 2.04. The van der Waals surface area contributed by atoms with E-state index in [1.54, 1.807) is 0 Å². The molecular weight excluding hydrogens is 292 g/mol. The van der Waals surface area contributed by atoms with Crippen LogP contribution >= 0.6 is 15.9 Å². The highest BCUT2D eigenvalue weighted by Gasteiger charge is 2.02. The molecule has 0 radical (unpaired) electrons. The highest BCUT2D eigenvalue weighted by molar-refractivity contribution is 9.10. The highest BCUT2D eigenvalue weighted by Crippen LogP contribution is 2.22. The van der Waals surface area contributed by atoms with Crippen LogP contribution in [0, 0.1) is 6.92 Å². The second-order valence-corrected chi connectivity index (χ2v) is 4.87. The van der Waals surface area contributed by atoms with E-state index < -0.39 is 0 Å². The van der Waals surface area contributed by atoms with Gasteiger partial charge in [-0.2, -0.15) is 0 Å². The van der Waals surface area contributed by atoms with Gasteiger partial charge in [0.15, 0.2) is 0 Å². The Balaban J connectivity index is 2.06. The maximum absolute atomic E-state index is 5.71. The predicted molar refractivity (Wildman–Crippen MR) is 75.3 cm³/mol. The quantitative estimate of drug-likeness (QED) is 0.943. The minimum atomic E-state index is 0.466. The minimum Gasteiger partial charge on any atom is -0.487 e. The lowest BCUT2D eigenvalue weighted by Gasteiger charge is -2.08. The van der Waals surface area contributed by atoms with Gasteiger partial charge in [-0.15, -0.1) is 0 Å². The Morgan fingerprint density at radius 2 is 2.11 bits per heavy atom. The molecular formula is C14H15BrN2O. The molecule has 0 aliphatic rings. The SMILES string of the molecule is Cc1cccc(COc2ccc(Br)c(CN)c2)n1. The summed E-state index contributed by atoms with van der Waals surface area (Å²) in [6.07, 6.45) is 0. The molecule has 2 N–H and O–H groups in total. The summed E-state index contributed by atoms with van der Waals surface area (Å²) in [6.45, 7) is 2.92. The van der Waals surface area contributed by atoms with Gasteiger partial charge in [-0.3, -0.25) is 4.98 Å². The van der Waals surface area contributed by atoms with Gasteiger partial charge in [0.2, 0.25) is 0 Å². The molecule has 0 bridgehead atoms. The molecule has 0 spiro atoms. The van der Waals surface area contributed by atoms with Crippen molar-refractivity contribution in [3.8, 4) is 5.75 Å². The molecule has 94 valence electrons. The van der Waals surface area contributed by atoms with Crippen LogP contribution in [-0.4, -0.2) is 4.98 Å². The minimum absolute atomic E-state index is 0.466. The molecule has 0 atom stereocenters. The zero-order valence-corrected chi connectivity index (χ0v) is 11.8. The molecule has 0 fully saturated rings. The molecule has 0 saturated heterocycles. The first-order chi connectivity index (χ1) is 8.69. The summed E-state index contributed by atoms with van der Waals surface area (Å²) in [7, 11) is 0. The van der Waals surface area contributed by atoms with E-state index in [0.717, 1.165) is 27.2 Å². The molecule has 0 aliphatic heterocycles. The first-order valence-corrected chi connectivity index (χ1v) is 6.52. The van der Waals surface area contributed by atoms with Crippen LogP contribution in [0.2, 0.25) is 0 Å². The van der Waals surface area contributed by atoms with Gasteiger partial charge in [0.25, 0.3) is 0 Å². The number of benzene rings is 1. The molecule has 4 heteroatoms. The van der Waals surface area contributed by atoms with Crippen LogP contribution in [0.5, 0.6) is 5.75 Å². The van der Waals surface area contributed by atoms with E-state index in [4.69, 9.17) is 10.5 Å². The second kappa shape index (κ2) is 5.98. The van der Waals surface area contributed by atoms with Gasteiger partial charge in [0.05, 0.1) is 5.69 Å². The van der Waals surface area contributed by atoms with Crippen LogP contribution in [0.15, 0.2) is 40.9 Å². The normalized spacial score (nSPS) is 10.4. The van der Waals surface area contributed by atoms with Crippen molar-refractivity contribution in [1.29, 1.82) is 0 Å². The number of aryl methyl sites for hydroxylation is 1. The number of hydrogen-bond donors (Lipinski definition) is 1. The van der Waals surface area contributed by atoms with Crippen molar-refractivity contribution < 1.29 is 4.74 Å². The molecule has 1 heterocycles. The molecule has 2 aromatic rings. The monoisotopic (exact) mass is 306 g/mol. The zero-order chi connectivity index (χ0) is 13.0. The number of nitrogens with zero attached hydrogens (tertiary/aromatic N) is 1. The first-order valence-electron chi connectivity index (χ1n) is 5.73. The van der Waals surface area contributed by atoms with Gasteiger partial charge in [0.1, 0.15) is 12.4 Å². The van der Waals surface area contributed by atoms with Crippen LogP contribution < -0.4 is 10.5 Å². The summed E-state index contributed by atoms with van der Waals surface area (Å²) in [5.74, 6) is 0.807. The van der Waals surface area contributed by atoms with Gasteiger partial charge in [-0.05, 0) is 42.8 Å². The van der Waals surface area contributed by atoms with Gasteiger partial charge < -0.3 is 10.5 Å². The van der Waals surface area contributed by atoms with Gasteiger partial charge in [0, 0.05) is 16.7 Å². The topological polar surface area (TPSA) is 48.1 Å². The smallest absolute Gasteiger partial charge is 0.130 e. The summed E-state index contributed by atoms with van der Waals surface area (Å²) in [5, 5.41) is 0. The summed E-state index contributed by atoms with van der Waals surface area (Å²) in [6, 6.07) is 11.7. The molecule has 0 unspecified atom stereocenters. The third kappa shape index (κ3) is 3.31. The van der Waals surface area contributed by atoms with Gasteiger partial charge >= 0.3 is 0 Å². The van der Waals surface area contributed by atoms with E-state index in [1.807, 2.05) is 43.3 Å². The molecule has 2 rings (SSSR count). The number of aromatic nitrogens is 1. The number of pyridine rings is 1. The van der Waals surface area contributed by atoms with Crippen molar-refractivity contribution >= 4 is 15.9 Å². The average Bonchev–Trinajstić information content (AvgIpc) is 2.38. The Kier molecular flexibility index (Phi) is 4.33. The molecule has 0 amide bonds. The van der Waals surface area contributed by atoms with Crippen LogP contribution in [0.4, 0.5) is 0 Å². The molecule has 0 aliphatic carbocycles. The maximum atomic E-state index is 5.71. The van der Waals surface area contributed by atoms with Crippen molar-refractivity contribution in [2.24, 2.45) is 5.73 Å². The predicted octanol–water partition coefficient (Wildman–Crippen LogP) is 3.19. The second-order valence-electron chi connectivity index (χ2n) is 4.02. The van der Waals surface area contributed by atoms with E-state index in [0.29, 0.717) is 13.2 Å². The molecule has 3 nitrogen and oxygen atoms in total. The van der Waals surface area contributed by atoms with Gasteiger partial charge in [-0.1, -0.05) is 22.0 Å². The Labute approximate surface area is 115 Å². The van der Waals surface area contributed by atoms with E-state index in [-0.39, 0.29) is 0 Å². The molecule has 18 heavy (non-hydrogen) atoms. The van der Waals surface area contributed by atoms with E-state index in [9.17, 15) is 0 Å². The lowest BCUT2D eigenvalue weighted by Crippen LogP contribution is -2.01. The van der Waals surface area contributed by atoms with Crippen LogP contribution in [0.25, 0.3) is 0 Å². The number of nitrogens with two attached hydrogens (primary N) is 1. The number of halogens is 1.